The second-order valence-corrected chi connectivity index (χ2v) is 7.38. The fraction of sp³-hybridized carbons (Fsp3) is 0.200. The van der Waals surface area contributed by atoms with Crippen molar-refractivity contribution < 1.29 is 18.7 Å². The van der Waals surface area contributed by atoms with Gasteiger partial charge in [0.05, 0.1) is 24.9 Å². The topological polar surface area (TPSA) is 59.9 Å². The molecular formula is C25H23FN2O3. The standard InChI is InChI=1S/C25H23FN2O3/c1-17(29)27-25(16-30-15-18-5-3-2-4-6-18)24-13-19-7-10-22(14-23(19)28-24)31-21-11-8-20(26)9-12-21/h2-12,14,25H,13,15-16H2,1H3,(H,27,29)/t25-/m0/s1. The molecule has 1 aliphatic rings. The third kappa shape index (κ3) is 5.55. The number of fused-ring (bicyclic) bond motifs is 1. The van der Waals surface area contributed by atoms with Crippen LogP contribution in [0.2, 0.25) is 0 Å². The summed E-state index contributed by atoms with van der Waals surface area (Å²) >= 11 is 0. The van der Waals surface area contributed by atoms with Crippen molar-refractivity contribution in [3.8, 4) is 11.5 Å². The first-order chi connectivity index (χ1) is 15.1. The van der Waals surface area contributed by atoms with Crippen molar-refractivity contribution in [3.63, 3.8) is 0 Å². The van der Waals surface area contributed by atoms with Crippen molar-refractivity contribution in [1.29, 1.82) is 0 Å². The Morgan fingerprint density at radius 3 is 2.55 bits per heavy atom. The molecule has 0 spiro atoms. The minimum absolute atomic E-state index is 0.132. The number of nitrogens with one attached hydrogen (secondary N) is 1. The normalized spacial score (nSPS) is 13.3. The predicted octanol–water partition coefficient (Wildman–Crippen LogP) is 4.97. The number of amides is 1. The summed E-state index contributed by atoms with van der Waals surface area (Å²) in [5.41, 5.74) is 3.77. The van der Waals surface area contributed by atoms with Crippen LogP contribution in [0.1, 0.15) is 18.1 Å². The lowest BCUT2D eigenvalue weighted by Gasteiger charge is -2.18. The first-order valence-corrected chi connectivity index (χ1v) is 10.1. The van der Waals surface area contributed by atoms with Crippen molar-refractivity contribution in [3.05, 3.63) is 89.7 Å². The van der Waals surface area contributed by atoms with Gasteiger partial charge in [0.2, 0.25) is 5.91 Å². The number of nitrogens with zero attached hydrogens (tertiary/aromatic N) is 1. The minimum Gasteiger partial charge on any atom is -0.457 e. The molecule has 0 fully saturated rings. The fourth-order valence-corrected chi connectivity index (χ4v) is 3.43. The highest BCUT2D eigenvalue weighted by molar-refractivity contribution is 5.99. The van der Waals surface area contributed by atoms with Crippen LogP contribution >= 0.6 is 0 Å². The van der Waals surface area contributed by atoms with Gasteiger partial charge in [-0.3, -0.25) is 9.79 Å². The van der Waals surface area contributed by atoms with Crippen LogP contribution in [0.3, 0.4) is 0 Å². The number of aliphatic imine (C=N–C) groups is 1. The van der Waals surface area contributed by atoms with Crippen molar-refractivity contribution in [2.75, 3.05) is 6.61 Å². The molecule has 1 atom stereocenters. The lowest BCUT2D eigenvalue weighted by atomic mass is 10.1. The summed E-state index contributed by atoms with van der Waals surface area (Å²) in [7, 11) is 0. The molecule has 1 heterocycles. The van der Waals surface area contributed by atoms with E-state index in [0.29, 0.717) is 31.1 Å². The average molecular weight is 418 g/mol. The van der Waals surface area contributed by atoms with E-state index >= 15 is 0 Å². The summed E-state index contributed by atoms with van der Waals surface area (Å²) in [6, 6.07) is 21.1. The number of carbonyl (C=O) groups excluding carboxylic acids is 1. The zero-order valence-corrected chi connectivity index (χ0v) is 17.2. The SMILES string of the molecule is CC(=O)N[C@@H](COCc1ccccc1)C1=Nc2cc(Oc3ccc(F)cc3)ccc2C1. The number of carbonyl (C=O) groups is 1. The van der Waals surface area contributed by atoms with Gasteiger partial charge in [-0.15, -0.1) is 0 Å². The molecule has 0 radical (unpaired) electrons. The van der Waals surface area contributed by atoms with E-state index in [1.165, 1.54) is 19.1 Å². The van der Waals surface area contributed by atoms with E-state index in [-0.39, 0.29) is 17.8 Å². The van der Waals surface area contributed by atoms with E-state index < -0.39 is 0 Å². The minimum atomic E-state index is -0.311. The van der Waals surface area contributed by atoms with Crippen LogP contribution in [0.25, 0.3) is 0 Å². The highest BCUT2D eigenvalue weighted by Crippen LogP contribution is 2.33. The van der Waals surface area contributed by atoms with Crippen LogP contribution in [-0.2, 0) is 22.6 Å². The Bertz CT molecular complexity index is 1080. The maximum atomic E-state index is 13.1. The number of benzene rings is 3. The number of ether oxygens (including phenoxy) is 2. The van der Waals surface area contributed by atoms with Crippen molar-refractivity contribution in [2.45, 2.75) is 26.0 Å². The molecule has 1 N–H and O–H groups in total. The molecule has 0 aliphatic carbocycles. The van der Waals surface area contributed by atoms with Crippen molar-refractivity contribution >= 4 is 17.3 Å². The number of hydrogen-bond donors (Lipinski definition) is 1. The third-order valence-corrected chi connectivity index (χ3v) is 4.92. The van der Waals surface area contributed by atoms with Gasteiger partial charge in [0.1, 0.15) is 17.3 Å². The number of rotatable bonds is 8. The van der Waals surface area contributed by atoms with Gasteiger partial charge in [0.15, 0.2) is 0 Å². The van der Waals surface area contributed by atoms with Gasteiger partial charge in [-0.25, -0.2) is 4.39 Å². The molecule has 0 aromatic heterocycles. The Morgan fingerprint density at radius 2 is 1.81 bits per heavy atom. The van der Waals surface area contributed by atoms with Crippen LogP contribution in [0.4, 0.5) is 10.1 Å². The molecule has 0 bridgehead atoms. The molecule has 0 saturated carbocycles. The number of hydrogen-bond acceptors (Lipinski definition) is 4. The van der Waals surface area contributed by atoms with E-state index in [9.17, 15) is 9.18 Å². The van der Waals surface area contributed by atoms with Gasteiger partial charge >= 0.3 is 0 Å². The van der Waals surface area contributed by atoms with Crippen LogP contribution in [0.5, 0.6) is 11.5 Å². The Morgan fingerprint density at radius 1 is 1.06 bits per heavy atom. The van der Waals surface area contributed by atoms with Crippen LogP contribution in [-0.4, -0.2) is 24.3 Å². The molecule has 3 aromatic rings. The molecule has 158 valence electrons. The summed E-state index contributed by atoms with van der Waals surface area (Å²) in [5, 5.41) is 2.94. The van der Waals surface area contributed by atoms with E-state index in [4.69, 9.17) is 14.5 Å². The van der Waals surface area contributed by atoms with Crippen molar-refractivity contribution in [2.24, 2.45) is 4.99 Å². The maximum absolute atomic E-state index is 13.1. The molecule has 6 heteroatoms. The Labute approximate surface area is 180 Å². The third-order valence-electron chi connectivity index (χ3n) is 4.92. The van der Waals surface area contributed by atoms with Gasteiger partial charge in [-0.1, -0.05) is 36.4 Å². The second-order valence-electron chi connectivity index (χ2n) is 7.38. The van der Waals surface area contributed by atoms with Crippen LogP contribution in [0, 0.1) is 5.82 Å². The van der Waals surface area contributed by atoms with Crippen LogP contribution < -0.4 is 10.1 Å². The van der Waals surface area contributed by atoms with E-state index in [0.717, 1.165) is 22.5 Å². The van der Waals surface area contributed by atoms with Gasteiger partial charge < -0.3 is 14.8 Å². The lowest BCUT2D eigenvalue weighted by molar-refractivity contribution is -0.119. The van der Waals surface area contributed by atoms with Gasteiger partial charge in [0.25, 0.3) is 0 Å². The van der Waals surface area contributed by atoms with Gasteiger partial charge in [0, 0.05) is 25.1 Å². The predicted molar refractivity (Wildman–Crippen MR) is 117 cm³/mol. The van der Waals surface area contributed by atoms with Crippen LogP contribution in [0.15, 0.2) is 77.8 Å². The fourth-order valence-electron chi connectivity index (χ4n) is 3.43. The van der Waals surface area contributed by atoms with Gasteiger partial charge in [-0.05, 0) is 41.5 Å². The molecule has 31 heavy (non-hydrogen) atoms. The first-order valence-electron chi connectivity index (χ1n) is 10.1. The quantitative estimate of drug-likeness (QED) is 0.562. The molecule has 0 unspecified atom stereocenters. The van der Waals surface area contributed by atoms with E-state index in [1.807, 2.05) is 48.5 Å². The molecular weight excluding hydrogens is 395 g/mol. The van der Waals surface area contributed by atoms with Gasteiger partial charge in [-0.2, -0.15) is 0 Å². The zero-order chi connectivity index (χ0) is 21.6. The first kappa shape index (κ1) is 20.8. The highest BCUT2D eigenvalue weighted by atomic mass is 19.1. The number of halogens is 1. The molecule has 1 amide bonds. The molecule has 3 aromatic carbocycles. The van der Waals surface area contributed by atoms with E-state index in [1.54, 1.807) is 12.1 Å². The summed E-state index contributed by atoms with van der Waals surface area (Å²) in [5.74, 6) is 0.724. The Hall–Kier alpha value is -3.51. The summed E-state index contributed by atoms with van der Waals surface area (Å²) in [4.78, 5) is 16.5. The second kappa shape index (κ2) is 9.53. The monoisotopic (exact) mass is 418 g/mol. The summed E-state index contributed by atoms with van der Waals surface area (Å²) < 4.78 is 24.7. The smallest absolute Gasteiger partial charge is 0.217 e. The molecule has 4 rings (SSSR count). The Kier molecular flexibility index (Phi) is 6.38. The van der Waals surface area contributed by atoms with Crippen molar-refractivity contribution in [1.82, 2.24) is 5.32 Å². The maximum Gasteiger partial charge on any atom is 0.217 e. The lowest BCUT2D eigenvalue weighted by Crippen LogP contribution is -2.43. The largest absolute Gasteiger partial charge is 0.457 e. The molecule has 1 aliphatic heterocycles. The average Bonchev–Trinajstić information content (AvgIpc) is 3.18. The zero-order valence-electron chi connectivity index (χ0n) is 17.2. The molecule has 5 nitrogen and oxygen atoms in total. The summed E-state index contributed by atoms with van der Waals surface area (Å²) in [6.45, 7) is 2.29. The summed E-state index contributed by atoms with van der Waals surface area (Å²) in [6.07, 6.45) is 0.631. The Balaban J connectivity index is 1.44. The van der Waals surface area contributed by atoms with E-state index in [2.05, 4.69) is 5.32 Å². The highest BCUT2D eigenvalue weighted by Gasteiger charge is 2.24. The molecule has 0 saturated heterocycles.